The van der Waals surface area contributed by atoms with Crippen molar-refractivity contribution >= 4 is 11.9 Å². The van der Waals surface area contributed by atoms with Gasteiger partial charge in [-0.3, -0.25) is 14.6 Å². The highest BCUT2D eigenvalue weighted by Crippen LogP contribution is 2.65. The van der Waals surface area contributed by atoms with Gasteiger partial charge in [0.2, 0.25) is 0 Å². The maximum Gasteiger partial charge on any atom is 0.313 e. The Morgan fingerprint density at radius 3 is 2.62 bits per heavy atom. The zero-order valence-corrected chi connectivity index (χ0v) is 12.6. The molecular weight excluding hydrogens is 268 g/mol. The van der Waals surface area contributed by atoms with Gasteiger partial charge in [-0.15, -0.1) is 0 Å². The van der Waals surface area contributed by atoms with Crippen LogP contribution < -0.4 is 5.32 Å². The van der Waals surface area contributed by atoms with E-state index in [1.54, 1.807) is 6.20 Å². The van der Waals surface area contributed by atoms with Crippen molar-refractivity contribution in [1.82, 2.24) is 10.3 Å². The lowest BCUT2D eigenvalue weighted by Gasteiger charge is -2.35. The van der Waals surface area contributed by atoms with E-state index in [0.717, 1.165) is 5.69 Å². The second kappa shape index (κ2) is 4.29. The molecule has 0 spiro atoms. The summed E-state index contributed by atoms with van der Waals surface area (Å²) in [5.74, 6) is -0.473. The van der Waals surface area contributed by atoms with Crippen molar-refractivity contribution < 1.29 is 14.3 Å². The lowest BCUT2D eigenvalue weighted by molar-refractivity contribution is -0.168. The molecule has 1 aliphatic heterocycles. The molecule has 3 rings (SSSR count). The number of aromatic nitrogens is 1. The smallest absolute Gasteiger partial charge is 0.313 e. The Morgan fingerprint density at radius 2 is 2.10 bits per heavy atom. The summed E-state index contributed by atoms with van der Waals surface area (Å²) in [5, 5.41) is 2.87. The van der Waals surface area contributed by atoms with Crippen molar-refractivity contribution in [2.24, 2.45) is 10.8 Å². The average molecular weight is 288 g/mol. The monoisotopic (exact) mass is 288 g/mol. The molecule has 112 valence electrons. The summed E-state index contributed by atoms with van der Waals surface area (Å²) in [5.41, 5.74) is -1.35. The molecular formula is C16H20N2O3. The molecule has 21 heavy (non-hydrogen) atoms. The number of nitrogens with one attached hydrogen (secondary N) is 1. The molecule has 0 aromatic carbocycles. The zero-order valence-electron chi connectivity index (χ0n) is 12.6. The molecule has 0 radical (unpaired) electrons. The van der Waals surface area contributed by atoms with Crippen LogP contribution in [0.1, 0.15) is 39.3 Å². The molecule has 2 atom stereocenters. The number of fused-ring (bicyclic) bond motifs is 2. The van der Waals surface area contributed by atoms with Crippen molar-refractivity contribution in [3.05, 3.63) is 30.1 Å². The van der Waals surface area contributed by atoms with Crippen molar-refractivity contribution in [3.63, 3.8) is 0 Å². The van der Waals surface area contributed by atoms with E-state index in [1.165, 1.54) is 0 Å². The quantitative estimate of drug-likeness (QED) is 0.861. The fourth-order valence-electron chi connectivity index (χ4n) is 3.56. The van der Waals surface area contributed by atoms with Crippen LogP contribution in [0.3, 0.4) is 0 Å². The Hall–Kier alpha value is -1.91. The molecule has 2 heterocycles. The Labute approximate surface area is 124 Å². The van der Waals surface area contributed by atoms with E-state index in [1.807, 2.05) is 39.0 Å². The summed E-state index contributed by atoms with van der Waals surface area (Å²) in [6, 6.07) is 5.55. The van der Waals surface area contributed by atoms with Gasteiger partial charge < -0.3 is 10.1 Å². The van der Waals surface area contributed by atoms with E-state index in [0.29, 0.717) is 19.4 Å². The van der Waals surface area contributed by atoms with Crippen LogP contribution in [0.4, 0.5) is 0 Å². The molecule has 5 nitrogen and oxygen atoms in total. The third kappa shape index (κ3) is 1.66. The molecule has 1 saturated carbocycles. The van der Waals surface area contributed by atoms with Gasteiger partial charge in [-0.05, 0) is 31.9 Å². The first-order chi connectivity index (χ1) is 9.83. The van der Waals surface area contributed by atoms with Crippen LogP contribution in [-0.2, 0) is 20.9 Å². The molecule has 1 aromatic rings. The predicted molar refractivity (Wildman–Crippen MR) is 76.0 cm³/mol. The highest BCUT2D eigenvalue weighted by molar-refractivity contribution is 5.96. The molecule has 2 aliphatic rings. The van der Waals surface area contributed by atoms with Crippen LogP contribution in [0, 0.1) is 10.8 Å². The minimum atomic E-state index is -1.05. The second-order valence-electron chi connectivity index (χ2n) is 6.68. The van der Waals surface area contributed by atoms with Gasteiger partial charge in [0.15, 0.2) is 5.60 Å². The van der Waals surface area contributed by atoms with Crippen molar-refractivity contribution in [1.29, 1.82) is 0 Å². The van der Waals surface area contributed by atoms with Crippen LogP contribution in [0.25, 0.3) is 0 Å². The molecule has 1 amide bonds. The molecule has 1 saturated heterocycles. The number of carbonyl (C=O) groups is 2. The fraction of sp³-hybridized carbons (Fsp3) is 0.562. The van der Waals surface area contributed by atoms with Gasteiger partial charge in [-0.1, -0.05) is 19.9 Å². The van der Waals surface area contributed by atoms with E-state index in [-0.39, 0.29) is 11.9 Å². The summed E-state index contributed by atoms with van der Waals surface area (Å²) < 4.78 is 5.55. The summed E-state index contributed by atoms with van der Waals surface area (Å²) >= 11 is 0. The van der Waals surface area contributed by atoms with Gasteiger partial charge in [0.25, 0.3) is 5.91 Å². The van der Waals surface area contributed by atoms with Gasteiger partial charge in [0.1, 0.15) is 0 Å². The predicted octanol–water partition coefficient (Wildman–Crippen LogP) is 1.82. The minimum Gasteiger partial charge on any atom is -0.448 e. The number of pyridine rings is 1. The van der Waals surface area contributed by atoms with Crippen LogP contribution in [-0.4, -0.2) is 22.5 Å². The van der Waals surface area contributed by atoms with Gasteiger partial charge in [0, 0.05) is 11.6 Å². The number of ether oxygens (including phenoxy) is 1. The Balaban J connectivity index is 1.80. The van der Waals surface area contributed by atoms with E-state index in [2.05, 4.69) is 10.3 Å². The van der Waals surface area contributed by atoms with Gasteiger partial charge in [-0.25, -0.2) is 0 Å². The highest BCUT2D eigenvalue weighted by Gasteiger charge is 2.75. The average Bonchev–Trinajstić information content (AvgIpc) is 2.76. The van der Waals surface area contributed by atoms with Crippen LogP contribution in [0.2, 0.25) is 0 Å². The Bertz CT molecular complexity index is 599. The number of carbonyl (C=O) groups excluding carboxylic acids is 2. The second-order valence-corrected chi connectivity index (χ2v) is 6.68. The lowest BCUT2D eigenvalue weighted by Crippen LogP contribution is -2.53. The summed E-state index contributed by atoms with van der Waals surface area (Å²) in [6.45, 7) is 6.14. The first-order valence-electron chi connectivity index (χ1n) is 7.25. The number of amides is 1. The summed E-state index contributed by atoms with van der Waals surface area (Å²) in [7, 11) is 0. The summed E-state index contributed by atoms with van der Waals surface area (Å²) in [4.78, 5) is 29.0. The third-order valence-electron chi connectivity index (χ3n) is 5.61. The number of hydrogen-bond donors (Lipinski definition) is 1. The fourth-order valence-corrected chi connectivity index (χ4v) is 3.56. The largest absolute Gasteiger partial charge is 0.448 e. The molecule has 2 fully saturated rings. The standard InChI is InChI=1S/C16H20N2O3/c1-14(2)15(3)7-8-16(14,21-13(15)20)12(19)18-10-11-6-4-5-9-17-11/h4-6,9H,7-8,10H2,1-3H3,(H,18,19)/t15-,16-/m0/s1. The van der Waals surface area contributed by atoms with E-state index >= 15 is 0 Å². The first-order valence-corrected chi connectivity index (χ1v) is 7.25. The number of hydrogen-bond acceptors (Lipinski definition) is 4. The number of esters is 1. The normalized spacial score (nSPS) is 32.8. The topological polar surface area (TPSA) is 68.3 Å². The number of rotatable bonds is 3. The van der Waals surface area contributed by atoms with Crippen molar-refractivity contribution in [3.8, 4) is 0 Å². The molecule has 5 heteroatoms. The maximum absolute atomic E-state index is 12.7. The molecule has 1 N–H and O–H groups in total. The Kier molecular flexibility index (Phi) is 2.87. The highest BCUT2D eigenvalue weighted by atomic mass is 16.6. The van der Waals surface area contributed by atoms with Crippen LogP contribution in [0.5, 0.6) is 0 Å². The first kappa shape index (κ1) is 14.0. The summed E-state index contributed by atoms with van der Waals surface area (Å²) in [6.07, 6.45) is 2.96. The van der Waals surface area contributed by atoms with Gasteiger partial charge >= 0.3 is 5.97 Å². The molecule has 1 aliphatic carbocycles. The van der Waals surface area contributed by atoms with Crippen molar-refractivity contribution in [2.45, 2.75) is 45.8 Å². The third-order valence-corrected chi connectivity index (χ3v) is 5.61. The van der Waals surface area contributed by atoms with Crippen LogP contribution >= 0.6 is 0 Å². The zero-order chi connectivity index (χ0) is 15.3. The molecule has 2 bridgehead atoms. The van der Waals surface area contributed by atoms with Crippen LogP contribution in [0.15, 0.2) is 24.4 Å². The van der Waals surface area contributed by atoms with Crippen molar-refractivity contribution in [2.75, 3.05) is 0 Å². The van der Waals surface area contributed by atoms with E-state index in [4.69, 9.17) is 4.74 Å². The van der Waals surface area contributed by atoms with E-state index < -0.39 is 16.4 Å². The number of nitrogens with zero attached hydrogens (tertiary/aromatic N) is 1. The minimum absolute atomic E-state index is 0.215. The lowest BCUT2D eigenvalue weighted by atomic mass is 9.66. The maximum atomic E-state index is 12.7. The Morgan fingerprint density at radius 1 is 1.33 bits per heavy atom. The van der Waals surface area contributed by atoms with Gasteiger partial charge in [-0.2, -0.15) is 0 Å². The van der Waals surface area contributed by atoms with Gasteiger partial charge in [0.05, 0.1) is 17.7 Å². The SMILES string of the molecule is CC1(C)[C@@]2(C)CC[C@@]1(C(=O)NCc1ccccn1)OC2=O. The molecule has 0 unspecified atom stereocenters. The molecule has 1 aromatic heterocycles. The van der Waals surface area contributed by atoms with E-state index in [9.17, 15) is 9.59 Å².